The SMILES string of the molecule is CCCC(=O)NC(C)c1nccs1. The number of nitrogens with zero attached hydrogens (tertiary/aromatic N) is 1. The molecule has 0 bridgehead atoms. The number of aromatic nitrogens is 1. The highest BCUT2D eigenvalue weighted by Crippen LogP contribution is 2.14. The van der Waals surface area contributed by atoms with E-state index in [9.17, 15) is 4.79 Å². The van der Waals surface area contributed by atoms with Crippen molar-refractivity contribution in [2.75, 3.05) is 0 Å². The van der Waals surface area contributed by atoms with Gasteiger partial charge in [-0.15, -0.1) is 11.3 Å². The van der Waals surface area contributed by atoms with Gasteiger partial charge in [0.15, 0.2) is 0 Å². The van der Waals surface area contributed by atoms with Gasteiger partial charge in [-0.3, -0.25) is 4.79 Å². The molecule has 0 aliphatic rings. The van der Waals surface area contributed by atoms with Gasteiger partial charge in [0.05, 0.1) is 6.04 Å². The minimum atomic E-state index is 0.0408. The molecule has 0 spiro atoms. The van der Waals surface area contributed by atoms with Gasteiger partial charge in [0.1, 0.15) is 5.01 Å². The van der Waals surface area contributed by atoms with Crippen molar-refractivity contribution in [1.82, 2.24) is 10.3 Å². The van der Waals surface area contributed by atoms with Crippen molar-refractivity contribution < 1.29 is 4.79 Å². The Hall–Kier alpha value is -0.900. The van der Waals surface area contributed by atoms with Crippen LogP contribution in [0.5, 0.6) is 0 Å². The van der Waals surface area contributed by atoms with E-state index in [-0.39, 0.29) is 11.9 Å². The number of amides is 1. The Morgan fingerprint density at radius 1 is 1.77 bits per heavy atom. The molecule has 0 aliphatic heterocycles. The second-order valence-electron chi connectivity index (χ2n) is 2.91. The monoisotopic (exact) mass is 198 g/mol. The number of hydrogen-bond acceptors (Lipinski definition) is 3. The average Bonchev–Trinajstić information content (AvgIpc) is 2.55. The molecule has 0 fully saturated rings. The fourth-order valence-corrected chi connectivity index (χ4v) is 1.70. The molecule has 3 nitrogen and oxygen atoms in total. The molecular formula is C9H14N2OS. The first kappa shape index (κ1) is 10.2. The van der Waals surface area contributed by atoms with Crippen LogP contribution in [-0.4, -0.2) is 10.9 Å². The molecule has 1 aromatic rings. The average molecular weight is 198 g/mol. The van der Waals surface area contributed by atoms with Gasteiger partial charge < -0.3 is 5.32 Å². The Balaban J connectivity index is 2.42. The highest BCUT2D eigenvalue weighted by atomic mass is 32.1. The summed E-state index contributed by atoms with van der Waals surface area (Å²) in [5, 5.41) is 5.77. The maximum atomic E-state index is 11.2. The summed E-state index contributed by atoms with van der Waals surface area (Å²) in [4.78, 5) is 15.3. The molecule has 1 heterocycles. The fraction of sp³-hybridized carbons (Fsp3) is 0.556. The van der Waals surface area contributed by atoms with Gasteiger partial charge >= 0.3 is 0 Å². The molecule has 13 heavy (non-hydrogen) atoms. The second-order valence-corrected chi connectivity index (χ2v) is 3.84. The Labute approximate surface area is 82.2 Å². The van der Waals surface area contributed by atoms with Crippen molar-refractivity contribution in [2.45, 2.75) is 32.7 Å². The number of carbonyl (C=O) groups excluding carboxylic acids is 1. The third-order valence-electron chi connectivity index (χ3n) is 1.68. The topological polar surface area (TPSA) is 42.0 Å². The lowest BCUT2D eigenvalue weighted by atomic mass is 10.3. The quantitative estimate of drug-likeness (QED) is 0.805. The molecule has 1 atom stereocenters. The first-order chi connectivity index (χ1) is 6.24. The van der Waals surface area contributed by atoms with Crippen LogP contribution in [0.2, 0.25) is 0 Å². The molecule has 1 rings (SSSR count). The van der Waals surface area contributed by atoms with E-state index in [2.05, 4.69) is 10.3 Å². The molecule has 4 heteroatoms. The Morgan fingerprint density at radius 3 is 3.08 bits per heavy atom. The summed E-state index contributed by atoms with van der Waals surface area (Å²) in [7, 11) is 0. The van der Waals surface area contributed by atoms with E-state index in [0.717, 1.165) is 11.4 Å². The lowest BCUT2D eigenvalue weighted by molar-refractivity contribution is -0.121. The van der Waals surface area contributed by atoms with Gasteiger partial charge in [0.25, 0.3) is 0 Å². The van der Waals surface area contributed by atoms with Crippen molar-refractivity contribution in [2.24, 2.45) is 0 Å². The molecule has 1 N–H and O–H groups in total. The van der Waals surface area contributed by atoms with E-state index in [0.29, 0.717) is 6.42 Å². The summed E-state index contributed by atoms with van der Waals surface area (Å²) in [6.45, 7) is 3.94. The Kier molecular flexibility index (Phi) is 3.89. The van der Waals surface area contributed by atoms with Gasteiger partial charge in [0, 0.05) is 18.0 Å². The summed E-state index contributed by atoms with van der Waals surface area (Å²) in [5.41, 5.74) is 0. The van der Waals surface area contributed by atoms with Crippen molar-refractivity contribution >= 4 is 17.2 Å². The van der Waals surface area contributed by atoms with E-state index in [1.807, 2.05) is 19.2 Å². The third kappa shape index (κ3) is 3.14. The fourth-order valence-electron chi connectivity index (χ4n) is 1.05. The first-order valence-electron chi connectivity index (χ1n) is 4.42. The standard InChI is InChI=1S/C9H14N2OS/c1-3-4-8(12)11-7(2)9-10-5-6-13-9/h5-7H,3-4H2,1-2H3,(H,11,12). The van der Waals surface area contributed by atoms with Gasteiger partial charge in [-0.05, 0) is 13.3 Å². The van der Waals surface area contributed by atoms with E-state index in [1.54, 1.807) is 17.5 Å². The van der Waals surface area contributed by atoms with Crippen molar-refractivity contribution in [3.05, 3.63) is 16.6 Å². The van der Waals surface area contributed by atoms with Crippen molar-refractivity contribution in [3.63, 3.8) is 0 Å². The predicted octanol–water partition coefficient (Wildman–Crippen LogP) is 2.12. The summed E-state index contributed by atoms with van der Waals surface area (Å²) in [5.74, 6) is 0.102. The Bertz CT molecular complexity index is 259. The highest BCUT2D eigenvalue weighted by Gasteiger charge is 2.09. The van der Waals surface area contributed by atoms with Crippen LogP contribution in [0.15, 0.2) is 11.6 Å². The number of rotatable bonds is 4. The van der Waals surface area contributed by atoms with Crippen LogP contribution in [-0.2, 0) is 4.79 Å². The maximum Gasteiger partial charge on any atom is 0.220 e. The Morgan fingerprint density at radius 2 is 2.54 bits per heavy atom. The van der Waals surface area contributed by atoms with Gasteiger partial charge in [-0.25, -0.2) is 4.98 Å². The van der Waals surface area contributed by atoms with Crippen LogP contribution in [0.25, 0.3) is 0 Å². The highest BCUT2D eigenvalue weighted by molar-refractivity contribution is 7.09. The summed E-state index contributed by atoms with van der Waals surface area (Å²) in [6, 6.07) is 0.0408. The molecule has 0 saturated carbocycles. The summed E-state index contributed by atoms with van der Waals surface area (Å²) < 4.78 is 0. The largest absolute Gasteiger partial charge is 0.347 e. The van der Waals surface area contributed by atoms with Crippen molar-refractivity contribution in [1.29, 1.82) is 0 Å². The zero-order valence-electron chi connectivity index (χ0n) is 7.91. The molecule has 1 unspecified atom stereocenters. The summed E-state index contributed by atoms with van der Waals surface area (Å²) >= 11 is 1.57. The summed E-state index contributed by atoms with van der Waals surface area (Å²) in [6.07, 6.45) is 3.23. The van der Waals surface area contributed by atoms with Crippen LogP contribution in [0.4, 0.5) is 0 Å². The molecular weight excluding hydrogens is 184 g/mol. The van der Waals surface area contributed by atoms with Crippen LogP contribution < -0.4 is 5.32 Å². The lowest BCUT2D eigenvalue weighted by Gasteiger charge is -2.10. The zero-order chi connectivity index (χ0) is 9.68. The molecule has 72 valence electrons. The van der Waals surface area contributed by atoms with E-state index in [1.165, 1.54) is 0 Å². The molecule has 0 aliphatic carbocycles. The van der Waals surface area contributed by atoms with Crippen LogP contribution in [0, 0.1) is 0 Å². The number of thiazole rings is 1. The van der Waals surface area contributed by atoms with Gasteiger partial charge in [0.2, 0.25) is 5.91 Å². The minimum Gasteiger partial charge on any atom is -0.347 e. The maximum absolute atomic E-state index is 11.2. The first-order valence-corrected chi connectivity index (χ1v) is 5.30. The van der Waals surface area contributed by atoms with Crippen LogP contribution in [0.1, 0.15) is 37.7 Å². The number of nitrogens with one attached hydrogen (secondary N) is 1. The molecule has 0 radical (unpaired) electrons. The lowest BCUT2D eigenvalue weighted by Crippen LogP contribution is -2.25. The van der Waals surface area contributed by atoms with E-state index in [4.69, 9.17) is 0 Å². The van der Waals surface area contributed by atoms with E-state index >= 15 is 0 Å². The second kappa shape index (κ2) is 4.97. The predicted molar refractivity (Wildman–Crippen MR) is 53.6 cm³/mol. The third-order valence-corrected chi connectivity index (χ3v) is 2.63. The zero-order valence-corrected chi connectivity index (χ0v) is 8.73. The van der Waals surface area contributed by atoms with Crippen molar-refractivity contribution in [3.8, 4) is 0 Å². The van der Waals surface area contributed by atoms with Crippen LogP contribution in [0.3, 0.4) is 0 Å². The minimum absolute atomic E-state index is 0.0408. The molecule has 1 aromatic heterocycles. The van der Waals surface area contributed by atoms with E-state index < -0.39 is 0 Å². The molecule has 0 saturated heterocycles. The normalized spacial score (nSPS) is 12.5. The number of hydrogen-bond donors (Lipinski definition) is 1. The van der Waals surface area contributed by atoms with Gasteiger partial charge in [-0.2, -0.15) is 0 Å². The smallest absolute Gasteiger partial charge is 0.220 e. The van der Waals surface area contributed by atoms with Gasteiger partial charge in [-0.1, -0.05) is 6.92 Å². The number of carbonyl (C=O) groups is 1. The molecule has 0 aromatic carbocycles. The van der Waals surface area contributed by atoms with Crippen LogP contribution >= 0.6 is 11.3 Å². The molecule has 1 amide bonds.